The number of benzene rings is 5. The van der Waals surface area contributed by atoms with Crippen LogP contribution in [-0.2, 0) is 0 Å². The van der Waals surface area contributed by atoms with Crippen molar-refractivity contribution in [1.29, 1.82) is 0 Å². The Bertz CT molecular complexity index is 1980. The minimum Gasteiger partial charge on any atom is -0.385 e. The highest BCUT2D eigenvalue weighted by Gasteiger charge is 2.14. The third-order valence-electron chi connectivity index (χ3n) is 7.44. The second-order valence-electron chi connectivity index (χ2n) is 9.77. The van der Waals surface area contributed by atoms with Crippen molar-refractivity contribution in [3.8, 4) is 0 Å². The molecule has 0 spiro atoms. The van der Waals surface area contributed by atoms with Crippen LogP contribution in [0, 0.1) is 0 Å². The average molecular weight is 502 g/mol. The van der Waals surface area contributed by atoms with E-state index >= 15 is 0 Å². The Morgan fingerprint density at radius 3 is 1.33 bits per heavy atom. The van der Waals surface area contributed by atoms with Crippen LogP contribution in [0.4, 0.5) is 0 Å². The highest BCUT2D eigenvalue weighted by atomic mass is 15.1. The van der Waals surface area contributed by atoms with Crippen molar-refractivity contribution in [2.24, 2.45) is 5.73 Å². The zero-order chi connectivity index (χ0) is 26.3. The predicted molar refractivity (Wildman–Crippen MR) is 167 cm³/mol. The van der Waals surface area contributed by atoms with E-state index in [9.17, 15) is 0 Å². The van der Waals surface area contributed by atoms with Gasteiger partial charge in [0, 0.05) is 27.2 Å². The molecular weight excluding hydrogens is 474 g/mol. The van der Waals surface area contributed by atoms with Gasteiger partial charge in [-0.1, -0.05) is 110 Å². The molecule has 0 unspecified atom stereocenters. The third-order valence-corrected chi connectivity index (χ3v) is 7.44. The van der Waals surface area contributed by atoms with Gasteiger partial charge in [0.05, 0.1) is 22.1 Å². The molecule has 0 amide bonds. The number of nitrogens with zero attached hydrogens (tertiary/aromatic N) is 2. The lowest BCUT2D eigenvalue weighted by Gasteiger charge is -2.12. The highest BCUT2D eigenvalue weighted by Crippen LogP contribution is 2.34. The molecule has 5 aromatic carbocycles. The number of para-hydroxylation sites is 4. The highest BCUT2D eigenvalue weighted by molar-refractivity contribution is 6.11. The van der Waals surface area contributed by atoms with Crippen LogP contribution in [0.15, 0.2) is 146 Å². The molecule has 0 bridgehead atoms. The maximum Gasteiger partial charge on any atom is 0.108 e. The van der Waals surface area contributed by atoms with Crippen LogP contribution in [0.2, 0.25) is 0 Å². The molecule has 186 valence electrons. The topological polar surface area (TPSA) is 35.9 Å². The maximum absolute atomic E-state index is 6.93. The monoisotopic (exact) mass is 501 g/mol. The fourth-order valence-corrected chi connectivity index (χ4v) is 5.74. The molecule has 0 aliphatic carbocycles. The SMILES string of the molecule is C=C(/C=C(\C=C(/N)n1c2ccccc2c2ccccc21)c1ccccc1)n1c2ccccc2c2ccccc21. The van der Waals surface area contributed by atoms with Crippen LogP contribution in [0.1, 0.15) is 5.56 Å². The summed E-state index contributed by atoms with van der Waals surface area (Å²) in [7, 11) is 0. The largest absolute Gasteiger partial charge is 0.385 e. The predicted octanol–water partition coefficient (Wildman–Crippen LogP) is 8.91. The lowest BCUT2D eigenvalue weighted by molar-refractivity contribution is 1.18. The van der Waals surface area contributed by atoms with E-state index in [1.54, 1.807) is 0 Å². The summed E-state index contributed by atoms with van der Waals surface area (Å²) in [5.74, 6) is 0.650. The van der Waals surface area contributed by atoms with E-state index in [4.69, 9.17) is 5.73 Å². The average Bonchev–Trinajstić information content (AvgIpc) is 3.50. The fourth-order valence-electron chi connectivity index (χ4n) is 5.74. The van der Waals surface area contributed by atoms with Crippen molar-refractivity contribution in [2.45, 2.75) is 0 Å². The first-order chi connectivity index (χ1) is 19.2. The molecule has 0 radical (unpaired) electrons. The maximum atomic E-state index is 6.93. The summed E-state index contributed by atoms with van der Waals surface area (Å²) in [4.78, 5) is 0. The van der Waals surface area contributed by atoms with Gasteiger partial charge in [-0.15, -0.1) is 0 Å². The first-order valence-electron chi connectivity index (χ1n) is 13.1. The zero-order valence-electron chi connectivity index (χ0n) is 21.5. The smallest absolute Gasteiger partial charge is 0.108 e. The van der Waals surface area contributed by atoms with Crippen molar-refractivity contribution in [3.63, 3.8) is 0 Å². The summed E-state index contributed by atoms with van der Waals surface area (Å²) in [5.41, 5.74) is 14.3. The molecule has 0 aliphatic rings. The third kappa shape index (κ3) is 3.75. The van der Waals surface area contributed by atoms with E-state index in [1.165, 1.54) is 21.5 Å². The first-order valence-corrected chi connectivity index (χ1v) is 13.1. The minimum absolute atomic E-state index is 0.650. The Balaban J connectivity index is 1.44. The quantitative estimate of drug-likeness (QED) is 0.235. The van der Waals surface area contributed by atoms with Crippen molar-refractivity contribution >= 4 is 60.7 Å². The van der Waals surface area contributed by atoms with Gasteiger partial charge in [0.15, 0.2) is 0 Å². The van der Waals surface area contributed by atoms with Gasteiger partial charge in [-0.2, -0.15) is 0 Å². The van der Waals surface area contributed by atoms with E-state index in [1.807, 2.05) is 6.07 Å². The standard InChI is InChI=1S/C36H27N3/c1-25(38-32-19-9-5-15-28(32)29-16-6-10-20-33(29)38)23-27(26-13-3-2-4-14-26)24-36(37)39-34-21-11-7-17-30(34)31-18-8-12-22-35(31)39/h2-24H,1,37H2/b27-23+,36-24+. The minimum atomic E-state index is 0.650. The first kappa shape index (κ1) is 22.9. The summed E-state index contributed by atoms with van der Waals surface area (Å²) in [6.07, 6.45) is 4.20. The second-order valence-corrected chi connectivity index (χ2v) is 9.77. The summed E-state index contributed by atoms with van der Waals surface area (Å²) < 4.78 is 4.38. The van der Waals surface area contributed by atoms with E-state index in [0.717, 1.165) is 38.9 Å². The second kappa shape index (κ2) is 9.23. The van der Waals surface area contributed by atoms with Crippen LogP contribution in [-0.4, -0.2) is 9.13 Å². The van der Waals surface area contributed by atoms with Crippen molar-refractivity contribution in [2.75, 3.05) is 0 Å². The number of fused-ring (bicyclic) bond motifs is 6. The van der Waals surface area contributed by atoms with Crippen LogP contribution < -0.4 is 5.73 Å². The van der Waals surface area contributed by atoms with Crippen molar-refractivity contribution < 1.29 is 0 Å². The van der Waals surface area contributed by atoms with E-state index < -0.39 is 0 Å². The van der Waals surface area contributed by atoms with Gasteiger partial charge in [-0.3, -0.25) is 4.57 Å². The van der Waals surface area contributed by atoms with Gasteiger partial charge < -0.3 is 10.3 Å². The zero-order valence-corrected chi connectivity index (χ0v) is 21.5. The van der Waals surface area contributed by atoms with Crippen LogP contribution in [0.25, 0.3) is 60.7 Å². The van der Waals surface area contributed by atoms with Crippen LogP contribution >= 0.6 is 0 Å². The van der Waals surface area contributed by atoms with E-state index in [2.05, 4.69) is 149 Å². The number of hydrogen-bond acceptors (Lipinski definition) is 1. The summed E-state index contributed by atoms with van der Waals surface area (Å²) in [6, 6.07) is 44.1. The Morgan fingerprint density at radius 2 is 0.872 bits per heavy atom. The van der Waals surface area contributed by atoms with Gasteiger partial charge in [0.1, 0.15) is 5.82 Å². The lowest BCUT2D eigenvalue weighted by atomic mass is 10.0. The molecular formula is C36H27N3. The Hall–Kier alpha value is -5.28. The molecule has 7 aromatic rings. The fraction of sp³-hybridized carbons (Fsp3) is 0. The van der Waals surface area contributed by atoms with Crippen LogP contribution in [0.3, 0.4) is 0 Å². The van der Waals surface area contributed by atoms with Gasteiger partial charge in [-0.05, 0) is 47.6 Å². The normalized spacial score (nSPS) is 12.6. The molecule has 2 N–H and O–H groups in total. The Morgan fingerprint density at radius 1 is 0.487 bits per heavy atom. The summed E-state index contributed by atoms with van der Waals surface area (Å²) >= 11 is 0. The van der Waals surface area contributed by atoms with Crippen molar-refractivity contribution in [1.82, 2.24) is 9.13 Å². The Labute approximate surface area is 227 Å². The summed E-state index contributed by atoms with van der Waals surface area (Å²) in [5, 5.41) is 4.79. The molecule has 39 heavy (non-hydrogen) atoms. The van der Waals surface area contributed by atoms with Crippen LogP contribution in [0.5, 0.6) is 0 Å². The molecule has 0 fully saturated rings. The van der Waals surface area contributed by atoms with E-state index in [-0.39, 0.29) is 0 Å². The molecule has 0 saturated carbocycles. The molecule has 0 atom stereocenters. The number of hydrogen-bond donors (Lipinski definition) is 1. The van der Waals surface area contributed by atoms with Gasteiger partial charge in [-0.25, -0.2) is 0 Å². The van der Waals surface area contributed by atoms with Gasteiger partial charge >= 0.3 is 0 Å². The molecule has 2 aromatic heterocycles. The molecule has 2 heterocycles. The lowest BCUT2D eigenvalue weighted by Crippen LogP contribution is -2.06. The van der Waals surface area contributed by atoms with Gasteiger partial charge in [0.25, 0.3) is 0 Å². The molecule has 0 saturated heterocycles. The molecule has 0 aliphatic heterocycles. The van der Waals surface area contributed by atoms with Crippen molar-refractivity contribution in [3.05, 3.63) is 152 Å². The van der Waals surface area contributed by atoms with E-state index in [0.29, 0.717) is 5.82 Å². The van der Waals surface area contributed by atoms with Gasteiger partial charge in [0.2, 0.25) is 0 Å². The molecule has 7 rings (SSSR count). The number of allylic oxidation sites excluding steroid dienone is 4. The Kier molecular flexibility index (Phi) is 5.42. The summed E-state index contributed by atoms with van der Waals surface area (Å²) in [6.45, 7) is 4.54. The molecule has 3 heteroatoms. The number of nitrogens with two attached hydrogens (primary N) is 1. The molecule has 3 nitrogen and oxygen atoms in total. The number of rotatable bonds is 5. The number of aromatic nitrogens is 2.